The lowest BCUT2D eigenvalue weighted by atomic mass is 10.1. The van der Waals surface area contributed by atoms with Crippen molar-refractivity contribution in [2.75, 3.05) is 0 Å². The molecule has 0 spiro atoms. The Morgan fingerprint density at radius 3 is 2.62 bits per heavy atom. The molecule has 4 aromatic rings. The van der Waals surface area contributed by atoms with E-state index in [0.717, 1.165) is 33.5 Å². The maximum Gasteiger partial charge on any atom is 0.186 e. The van der Waals surface area contributed by atoms with E-state index < -0.39 is 0 Å². The number of azo groups is 1. The molecule has 4 rings (SSSR count). The fourth-order valence-corrected chi connectivity index (χ4v) is 3.44. The fourth-order valence-electron chi connectivity index (χ4n) is 3.26. The van der Waals surface area contributed by atoms with E-state index in [9.17, 15) is 0 Å². The summed E-state index contributed by atoms with van der Waals surface area (Å²) in [6, 6.07) is 17.0. The third kappa shape index (κ3) is 3.60. The van der Waals surface area contributed by atoms with Crippen molar-refractivity contribution in [1.82, 2.24) is 14.5 Å². The number of halogens is 1. The maximum absolute atomic E-state index is 8.89. The molecule has 0 aliphatic carbocycles. The molecule has 2 heterocycles. The van der Waals surface area contributed by atoms with Gasteiger partial charge in [-0.25, -0.2) is 9.97 Å². The molecule has 0 unspecified atom stereocenters. The molecule has 29 heavy (non-hydrogen) atoms. The third-order valence-electron chi connectivity index (χ3n) is 4.84. The van der Waals surface area contributed by atoms with E-state index in [-0.39, 0.29) is 0 Å². The second-order valence-corrected chi connectivity index (χ2v) is 7.07. The smallest absolute Gasteiger partial charge is 0.186 e. The number of benzene rings is 2. The van der Waals surface area contributed by atoms with Crippen LogP contribution in [0.5, 0.6) is 0 Å². The molecule has 7 heteroatoms. The van der Waals surface area contributed by atoms with Crippen molar-refractivity contribution in [2.45, 2.75) is 20.4 Å². The monoisotopic (exact) mass is 400 g/mol. The molecule has 0 saturated carbocycles. The number of aryl methyl sites for hydroxylation is 1. The van der Waals surface area contributed by atoms with E-state index in [1.807, 2.05) is 50.2 Å². The third-order valence-corrected chi connectivity index (χ3v) is 5.08. The highest BCUT2D eigenvalue weighted by atomic mass is 35.5. The Balaban J connectivity index is 1.72. The van der Waals surface area contributed by atoms with Gasteiger partial charge in [-0.1, -0.05) is 29.8 Å². The Labute approximate surface area is 173 Å². The van der Waals surface area contributed by atoms with E-state index in [2.05, 4.69) is 30.8 Å². The van der Waals surface area contributed by atoms with Crippen LogP contribution in [-0.4, -0.2) is 14.5 Å². The van der Waals surface area contributed by atoms with Crippen LogP contribution in [0.4, 0.5) is 5.82 Å². The normalized spacial score (nSPS) is 11.2. The molecule has 0 N–H and O–H groups in total. The summed E-state index contributed by atoms with van der Waals surface area (Å²) < 4.78 is 2.05. The lowest BCUT2D eigenvalue weighted by molar-refractivity contribution is 0.945. The van der Waals surface area contributed by atoms with Crippen molar-refractivity contribution in [3.05, 3.63) is 82.3 Å². The highest BCUT2D eigenvalue weighted by Crippen LogP contribution is 2.33. The largest absolute Gasteiger partial charge is 0.298 e. The van der Waals surface area contributed by atoms with E-state index in [4.69, 9.17) is 16.9 Å². The number of rotatable bonds is 4. The maximum atomic E-state index is 8.89. The average Bonchev–Trinajstić information content (AvgIpc) is 2.99. The second-order valence-electron chi connectivity index (χ2n) is 6.63. The Morgan fingerprint density at radius 1 is 1.10 bits per heavy atom. The van der Waals surface area contributed by atoms with Crippen LogP contribution < -0.4 is 0 Å². The van der Waals surface area contributed by atoms with Crippen LogP contribution in [0.3, 0.4) is 0 Å². The molecule has 6 nitrogen and oxygen atoms in total. The summed E-state index contributed by atoms with van der Waals surface area (Å²) in [4.78, 5) is 8.83. The van der Waals surface area contributed by atoms with Gasteiger partial charge in [0.05, 0.1) is 23.6 Å². The van der Waals surface area contributed by atoms with E-state index >= 15 is 0 Å². The van der Waals surface area contributed by atoms with E-state index in [0.29, 0.717) is 22.9 Å². The van der Waals surface area contributed by atoms with Crippen LogP contribution in [0, 0.1) is 25.2 Å². The van der Waals surface area contributed by atoms with Gasteiger partial charge in [-0.2, -0.15) is 10.4 Å². The van der Waals surface area contributed by atoms with Gasteiger partial charge in [0, 0.05) is 16.4 Å². The van der Waals surface area contributed by atoms with Crippen LogP contribution in [0.1, 0.15) is 22.4 Å². The van der Waals surface area contributed by atoms with Crippen molar-refractivity contribution in [3.63, 3.8) is 0 Å². The first kappa shape index (κ1) is 18.8. The fraction of sp³-hybridized carbons (Fsp3) is 0.136. The second kappa shape index (κ2) is 7.82. The van der Waals surface area contributed by atoms with Crippen molar-refractivity contribution in [3.8, 4) is 11.8 Å². The minimum Gasteiger partial charge on any atom is -0.298 e. The highest BCUT2D eigenvalue weighted by Gasteiger charge is 2.17. The lowest BCUT2D eigenvalue weighted by Gasteiger charge is -2.08. The lowest BCUT2D eigenvalue weighted by Crippen LogP contribution is -1.98. The van der Waals surface area contributed by atoms with Crippen molar-refractivity contribution >= 4 is 28.5 Å². The summed E-state index contributed by atoms with van der Waals surface area (Å²) in [6.45, 7) is 4.47. The summed E-state index contributed by atoms with van der Waals surface area (Å²) in [5.74, 6) is 0.532. The summed E-state index contributed by atoms with van der Waals surface area (Å²) in [5.41, 5.74) is 5.40. The molecule has 0 bridgehead atoms. The van der Waals surface area contributed by atoms with Crippen LogP contribution in [0.25, 0.3) is 16.7 Å². The topological polar surface area (TPSA) is 79.2 Å². The van der Waals surface area contributed by atoms with Gasteiger partial charge in [-0.05, 0) is 55.3 Å². The Hall–Kier alpha value is -3.56. The number of aromatic nitrogens is 3. The van der Waals surface area contributed by atoms with E-state index in [1.54, 1.807) is 12.1 Å². The highest BCUT2D eigenvalue weighted by molar-refractivity contribution is 6.30. The van der Waals surface area contributed by atoms with Crippen molar-refractivity contribution in [2.24, 2.45) is 10.2 Å². The predicted octanol–water partition coefficient (Wildman–Crippen LogP) is 5.85. The SMILES string of the molecule is Cc1c(C)n(-c2cccc(Cl)c2)c2ncnc(N=NCc3ccc(C#N)cc3)c12. The van der Waals surface area contributed by atoms with Crippen LogP contribution >= 0.6 is 11.6 Å². The zero-order chi connectivity index (χ0) is 20.4. The van der Waals surface area contributed by atoms with Crippen LogP contribution in [-0.2, 0) is 6.54 Å². The van der Waals surface area contributed by atoms with Gasteiger partial charge < -0.3 is 0 Å². The molecule has 0 aliphatic rings. The van der Waals surface area contributed by atoms with Gasteiger partial charge in [0.15, 0.2) is 11.5 Å². The first-order valence-corrected chi connectivity index (χ1v) is 9.41. The quantitative estimate of drug-likeness (QED) is 0.403. The molecule has 2 aromatic heterocycles. The summed E-state index contributed by atoms with van der Waals surface area (Å²) in [5, 5.41) is 19.1. The first-order chi connectivity index (χ1) is 14.1. The number of hydrogen-bond acceptors (Lipinski definition) is 5. The standard InChI is InChI=1S/C22H17ClN6/c1-14-15(2)29(19-5-3-4-18(23)10-19)22-20(14)21(25-13-26-22)28-27-12-17-8-6-16(11-24)7-9-17/h3-10,13H,12H2,1-2H3. The molecular formula is C22H17ClN6. The van der Waals surface area contributed by atoms with Crippen molar-refractivity contribution < 1.29 is 0 Å². The minimum absolute atomic E-state index is 0.407. The molecule has 0 saturated heterocycles. The summed E-state index contributed by atoms with van der Waals surface area (Å²) >= 11 is 6.18. The molecule has 0 fully saturated rings. The Kier molecular flexibility index (Phi) is 5.07. The number of nitriles is 1. The summed E-state index contributed by atoms with van der Waals surface area (Å²) in [7, 11) is 0. The predicted molar refractivity (Wildman–Crippen MR) is 113 cm³/mol. The molecule has 0 atom stereocenters. The molecule has 2 aromatic carbocycles. The number of hydrogen-bond donors (Lipinski definition) is 0. The number of nitrogens with zero attached hydrogens (tertiary/aromatic N) is 6. The molecule has 0 amide bonds. The van der Waals surface area contributed by atoms with Gasteiger partial charge in [-0.3, -0.25) is 4.57 Å². The zero-order valence-electron chi connectivity index (χ0n) is 16.0. The van der Waals surface area contributed by atoms with Gasteiger partial charge in [-0.15, -0.1) is 5.11 Å². The minimum atomic E-state index is 0.407. The summed E-state index contributed by atoms with van der Waals surface area (Å²) in [6.07, 6.45) is 1.50. The number of fused-ring (bicyclic) bond motifs is 1. The Bertz CT molecular complexity index is 1270. The average molecular weight is 401 g/mol. The van der Waals surface area contributed by atoms with Crippen LogP contribution in [0.15, 0.2) is 65.1 Å². The van der Waals surface area contributed by atoms with Gasteiger partial charge >= 0.3 is 0 Å². The Morgan fingerprint density at radius 2 is 1.90 bits per heavy atom. The molecule has 0 aliphatic heterocycles. The van der Waals surface area contributed by atoms with E-state index in [1.165, 1.54) is 6.33 Å². The molecule has 0 radical (unpaired) electrons. The molecular weight excluding hydrogens is 384 g/mol. The van der Waals surface area contributed by atoms with Crippen molar-refractivity contribution in [1.29, 1.82) is 5.26 Å². The van der Waals surface area contributed by atoms with Gasteiger partial charge in [0.1, 0.15) is 6.33 Å². The molecule has 142 valence electrons. The van der Waals surface area contributed by atoms with Crippen LogP contribution in [0.2, 0.25) is 5.02 Å². The van der Waals surface area contributed by atoms with Gasteiger partial charge in [0.2, 0.25) is 0 Å². The van der Waals surface area contributed by atoms with Gasteiger partial charge in [0.25, 0.3) is 0 Å². The zero-order valence-corrected chi connectivity index (χ0v) is 16.7. The first-order valence-electron chi connectivity index (χ1n) is 9.03.